The zero-order valence-electron chi connectivity index (χ0n) is 26.1. The van der Waals surface area contributed by atoms with Crippen LogP contribution in [0.15, 0.2) is 162 Å². The van der Waals surface area contributed by atoms with Gasteiger partial charge < -0.3 is 4.42 Å². The van der Waals surface area contributed by atoms with E-state index in [9.17, 15) is 0 Å². The summed E-state index contributed by atoms with van der Waals surface area (Å²) in [6.07, 6.45) is 0. The summed E-state index contributed by atoms with van der Waals surface area (Å²) >= 11 is 0. The average Bonchev–Trinajstić information content (AvgIpc) is 3.58. The van der Waals surface area contributed by atoms with Gasteiger partial charge in [-0.25, -0.2) is 29.9 Å². The molecular weight excluding hydrogens is 605 g/mol. The van der Waals surface area contributed by atoms with Gasteiger partial charge in [-0.3, -0.25) is 0 Å². The van der Waals surface area contributed by atoms with Crippen LogP contribution in [-0.4, -0.2) is 29.9 Å². The number of hydrogen-bond acceptors (Lipinski definition) is 7. The summed E-state index contributed by atoms with van der Waals surface area (Å²) in [6, 6.07) is 52.0. The molecule has 0 atom stereocenters. The van der Waals surface area contributed by atoms with Crippen molar-refractivity contribution in [3.8, 4) is 68.3 Å². The Morgan fingerprint density at radius 3 is 1.22 bits per heavy atom. The molecule has 0 bridgehead atoms. The van der Waals surface area contributed by atoms with Crippen molar-refractivity contribution in [1.29, 1.82) is 0 Å². The Morgan fingerprint density at radius 2 is 0.694 bits per heavy atom. The van der Waals surface area contributed by atoms with Crippen molar-refractivity contribution in [3.63, 3.8) is 0 Å². The van der Waals surface area contributed by atoms with Crippen molar-refractivity contribution in [2.24, 2.45) is 0 Å². The fourth-order valence-corrected chi connectivity index (χ4v) is 6.00. The number of hydrogen-bond donors (Lipinski definition) is 0. The number of furan rings is 1. The van der Waals surface area contributed by atoms with E-state index in [4.69, 9.17) is 34.3 Å². The number of fused-ring (bicyclic) bond motifs is 3. The van der Waals surface area contributed by atoms with Crippen LogP contribution in [-0.2, 0) is 0 Å². The van der Waals surface area contributed by atoms with Crippen LogP contribution in [0.2, 0.25) is 0 Å². The van der Waals surface area contributed by atoms with Gasteiger partial charge in [0.2, 0.25) is 0 Å². The summed E-state index contributed by atoms with van der Waals surface area (Å²) in [5, 5.41) is 2.06. The molecule has 0 amide bonds. The summed E-state index contributed by atoms with van der Waals surface area (Å²) in [7, 11) is 0. The number of nitrogens with zero attached hydrogens (tertiary/aromatic N) is 6. The van der Waals surface area contributed by atoms with Gasteiger partial charge in [-0.15, -0.1) is 0 Å². The molecule has 0 unspecified atom stereocenters. The third-order valence-corrected chi connectivity index (χ3v) is 8.39. The molecule has 0 radical (unpaired) electrons. The summed E-state index contributed by atoms with van der Waals surface area (Å²) < 4.78 is 6.38. The lowest BCUT2D eigenvalue weighted by Crippen LogP contribution is -2.02. The maximum absolute atomic E-state index is 6.38. The number of benzene rings is 6. The molecule has 7 nitrogen and oxygen atoms in total. The fraction of sp³-hybridized carbons (Fsp3) is 0. The standard InChI is InChI=1S/C42H26N6O/c1-4-14-27(15-5-1)37-43-38(28-16-6-2-7-17-28)45-40(44-37)30-20-12-21-31(26-30)41-46-39(29-18-8-3-9-19-29)47-42(48-41)34-24-13-23-33-32-22-10-11-25-35(32)49-36(33)34/h1-26H. The lowest BCUT2D eigenvalue weighted by molar-refractivity contribution is 0.669. The van der Waals surface area contributed by atoms with Crippen LogP contribution in [0.5, 0.6) is 0 Å². The van der Waals surface area contributed by atoms with Crippen LogP contribution in [0.25, 0.3) is 90.3 Å². The molecule has 0 spiro atoms. The van der Waals surface area contributed by atoms with Crippen molar-refractivity contribution in [2.45, 2.75) is 0 Å². The Bertz CT molecular complexity index is 2550. The van der Waals surface area contributed by atoms with Gasteiger partial charge in [-0.05, 0) is 18.2 Å². The highest BCUT2D eigenvalue weighted by Gasteiger charge is 2.19. The molecule has 0 saturated heterocycles. The molecule has 0 N–H and O–H groups in total. The minimum absolute atomic E-state index is 0.525. The monoisotopic (exact) mass is 630 g/mol. The molecule has 0 saturated carbocycles. The highest BCUT2D eigenvalue weighted by Crippen LogP contribution is 2.36. The van der Waals surface area contributed by atoms with Crippen LogP contribution in [0.4, 0.5) is 0 Å². The molecule has 3 heterocycles. The predicted octanol–water partition coefficient (Wildman–Crippen LogP) is 9.96. The molecule has 0 aliphatic heterocycles. The van der Waals surface area contributed by atoms with E-state index in [0.717, 1.165) is 55.3 Å². The number of aromatic nitrogens is 6. The first-order chi connectivity index (χ1) is 24.3. The normalized spacial score (nSPS) is 11.3. The maximum atomic E-state index is 6.38. The second-order valence-electron chi connectivity index (χ2n) is 11.6. The van der Waals surface area contributed by atoms with E-state index in [-0.39, 0.29) is 0 Å². The van der Waals surface area contributed by atoms with E-state index >= 15 is 0 Å². The molecule has 9 rings (SSSR count). The lowest BCUT2D eigenvalue weighted by Gasteiger charge is -2.11. The molecule has 6 aromatic carbocycles. The average molecular weight is 631 g/mol. The summed E-state index contributed by atoms with van der Waals surface area (Å²) in [4.78, 5) is 29.7. The second kappa shape index (κ2) is 12.1. The third-order valence-electron chi connectivity index (χ3n) is 8.39. The first-order valence-corrected chi connectivity index (χ1v) is 16.0. The van der Waals surface area contributed by atoms with Crippen LogP contribution in [0.1, 0.15) is 0 Å². The van der Waals surface area contributed by atoms with Crippen molar-refractivity contribution in [2.75, 3.05) is 0 Å². The van der Waals surface area contributed by atoms with Gasteiger partial charge in [0.15, 0.2) is 34.9 Å². The quantitative estimate of drug-likeness (QED) is 0.181. The Balaban J connectivity index is 1.21. The largest absolute Gasteiger partial charge is 0.455 e. The highest BCUT2D eigenvalue weighted by molar-refractivity contribution is 6.09. The molecule has 9 aromatic rings. The third kappa shape index (κ3) is 5.39. The summed E-state index contributed by atoms with van der Waals surface area (Å²) in [5.74, 6) is 3.37. The van der Waals surface area contributed by atoms with Crippen molar-refractivity contribution >= 4 is 21.9 Å². The van der Waals surface area contributed by atoms with E-state index in [1.165, 1.54) is 0 Å². The van der Waals surface area contributed by atoms with Gasteiger partial charge in [0.05, 0.1) is 5.56 Å². The zero-order chi connectivity index (χ0) is 32.6. The van der Waals surface area contributed by atoms with E-state index < -0.39 is 0 Å². The van der Waals surface area contributed by atoms with Gasteiger partial charge in [-0.2, -0.15) is 0 Å². The maximum Gasteiger partial charge on any atom is 0.167 e. The molecule has 49 heavy (non-hydrogen) atoms. The first kappa shape index (κ1) is 28.4. The topological polar surface area (TPSA) is 90.5 Å². The molecule has 230 valence electrons. The Morgan fingerprint density at radius 1 is 0.306 bits per heavy atom. The molecule has 0 aliphatic carbocycles. The first-order valence-electron chi connectivity index (χ1n) is 16.0. The van der Waals surface area contributed by atoms with Crippen molar-refractivity contribution in [1.82, 2.24) is 29.9 Å². The van der Waals surface area contributed by atoms with E-state index in [1.807, 2.05) is 146 Å². The van der Waals surface area contributed by atoms with Crippen LogP contribution in [0.3, 0.4) is 0 Å². The zero-order valence-corrected chi connectivity index (χ0v) is 26.1. The van der Waals surface area contributed by atoms with E-state index in [1.54, 1.807) is 0 Å². The predicted molar refractivity (Wildman–Crippen MR) is 193 cm³/mol. The van der Waals surface area contributed by atoms with E-state index in [2.05, 4.69) is 12.1 Å². The smallest absolute Gasteiger partial charge is 0.167 e. The summed E-state index contributed by atoms with van der Waals surface area (Å²) in [6.45, 7) is 0. The van der Waals surface area contributed by atoms with Crippen molar-refractivity contribution < 1.29 is 4.42 Å². The van der Waals surface area contributed by atoms with Gasteiger partial charge in [0.1, 0.15) is 11.2 Å². The molecular formula is C42H26N6O. The second-order valence-corrected chi connectivity index (χ2v) is 11.6. The Kier molecular flexibility index (Phi) is 6.98. The molecule has 0 fully saturated rings. The van der Waals surface area contributed by atoms with Gasteiger partial charge >= 0.3 is 0 Å². The number of rotatable bonds is 6. The van der Waals surface area contributed by atoms with Crippen LogP contribution < -0.4 is 0 Å². The fourth-order valence-electron chi connectivity index (χ4n) is 6.00. The SMILES string of the molecule is c1ccc(-c2nc(-c3ccccc3)nc(-c3cccc(-c4nc(-c5ccccc5)nc(-c5cccc6c5oc5ccccc56)n4)c3)n2)cc1. The van der Waals surface area contributed by atoms with Crippen LogP contribution >= 0.6 is 0 Å². The number of para-hydroxylation sites is 2. The Labute approximate surface area is 281 Å². The minimum atomic E-state index is 0.525. The van der Waals surface area contributed by atoms with Crippen molar-refractivity contribution in [3.05, 3.63) is 158 Å². The lowest BCUT2D eigenvalue weighted by atomic mass is 10.1. The van der Waals surface area contributed by atoms with E-state index in [0.29, 0.717) is 34.9 Å². The van der Waals surface area contributed by atoms with Gasteiger partial charge in [-0.1, -0.05) is 140 Å². The van der Waals surface area contributed by atoms with Gasteiger partial charge in [0, 0.05) is 38.6 Å². The molecule has 0 aliphatic rings. The minimum Gasteiger partial charge on any atom is -0.455 e. The molecule has 7 heteroatoms. The van der Waals surface area contributed by atoms with Gasteiger partial charge in [0.25, 0.3) is 0 Å². The highest BCUT2D eigenvalue weighted by atomic mass is 16.3. The van der Waals surface area contributed by atoms with Crippen LogP contribution in [0, 0.1) is 0 Å². The summed E-state index contributed by atoms with van der Waals surface area (Å²) in [5.41, 5.74) is 6.68. The molecule has 3 aromatic heterocycles. The Hall–Kier alpha value is -6.86.